The minimum atomic E-state index is 0.324. The van der Waals surface area contributed by atoms with E-state index in [0.717, 1.165) is 63.0 Å². The van der Waals surface area contributed by atoms with Gasteiger partial charge in [0.05, 0.1) is 13.2 Å². The molecule has 28 heavy (non-hydrogen) atoms. The van der Waals surface area contributed by atoms with Crippen LogP contribution in [-0.2, 0) is 19.4 Å². The summed E-state index contributed by atoms with van der Waals surface area (Å²) in [6.07, 6.45) is 4.53. The van der Waals surface area contributed by atoms with Gasteiger partial charge in [0, 0.05) is 25.6 Å². The number of aromatic nitrogens is 3. The van der Waals surface area contributed by atoms with Gasteiger partial charge in [0.25, 0.3) is 0 Å². The molecular formula is C21H32N6O. The van der Waals surface area contributed by atoms with Crippen molar-refractivity contribution < 1.29 is 4.74 Å². The van der Waals surface area contributed by atoms with Crippen molar-refractivity contribution in [3.05, 3.63) is 42.0 Å². The molecule has 0 amide bonds. The quantitative estimate of drug-likeness (QED) is 0.540. The largest absolute Gasteiger partial charge is 0.493 e. The van der Waals surface area contributed by atoms with Crippen molar-refractivity contribution in [2.75, 3.05) is 19.7 Å². The normalized spacial score (nSPS) is 16.7. The lowest BCUT2D eigenvalue weighted by atomic mass is 10.1. The minimum Gasteiger partial charge on any atom is -0.493 e. The number of benzene rings is 1. The molecule has 1 unspecified atom stereocenters. The molecule has 2 aromatic rings. The first-order valence-electron chi connectivity index (χ1n) is 10.3. The molecule has 7 nitrogen and oxygen atoms in total. The molecule has 2 N–H and O–H groups in total. The first-order valence-corrected chi connectivity index (χ1v) is 10.3. The van der Waals surface area contributed by atoms with Crippen LogP contribution in [-0.4, -0.2) is 46.5 Å². The first kappa shape index (κ1) is 20.2. The van der Waals surface area contributed by atoms with Crippen LogP contribution in [0.15, 0.2) is 35.6 Å². The van der Waals surface area contributed by atoms with Crippen LogP contribution in [0.4, 0.5) is 0 Å². The van der Waals surface area contributed by atoms with E-state index in [9.17, 15) is 0 Å². The Hall–Kier alpha value is -2.57. The number of fused-ring (bicyclic) bond motifs is 1. The minimum absolute atomic E-state index is 0.324. The second kappa shape index (κ2) is 10.1. The molecule has 1 aliphatic heterocycles. The predicted octanol–water partition coefficient (Wildman–Crippen LogP) is 2.43. The van der Waals surface area contributed by atoms with Crippen LogP contribution in [0.3, 0.4) is 0 Å². The molecule has 1 aromatic heterocycles. The third kappa shape index (κ3) is 5.97. The second-order valence-corrected chi connectivity index (χ2v) is 7.60. The van der Waals surface area contributed by atoms with E-state index in [2.05, 4.69) is 53.6 Å². The van der Waals surface area contributed by atoms with Crippen molar-refractivity contribution in [3.8, 4) is 5.75 Å². The van der Waals surface area contributed by atoms with Crippen molar-refractivity contribution in [2.45, 2.75) is 52.6 Å². The average molecular weight is 385 g/mol. The van der Waals surface area contributed by atoms with E-state index in [0.29, 0.717) is 12.0 Å². The van der Waals surface area contributed by atoms with Crippen LogP contribution in [0, 0.1) is 5.92 Å². The number of nitrogens with zero attached hydrogens (tertiary/aromatic N) is 4. The number of aliphatic imine (C=N–C) groups is 1. The molecule has 1 aromatic carbocycles. The Kier molecular flexibility index (Phi) is 7.28. The number of guanidine groups is 1. The molecule has 0 fully saturated rings. The Balaban J connectivity index is 1.49. The number of rotatable bonds is 8. The monoisotopic (exact) mass is 384 g/mol. The highest BCUT2D eigenvalue weighted by atomic mass is 16.5. The maximum Gasteiger partial charge on any atom is 0.191 e. The molecule has 0 radical (unpaired) electrons. The van der Waals surface area contributed by atoms with Crippen LogP contribution < -0.4 is 15.4 Å². The molecular weight excluding hydrogens is 352 g/mol. The Morgan fingerprint density at radius 2 is 2.14 bits per heavy atom. The average Bonchev–Trinajstić information content (AvgIpc) is 3.15. The summed E-state index contributed by atoms with van der Waals surface area (Å²) in [7, 11) is 0. The summed E-state index contributed by atoms with van der Waals surface area (Å²) in [6.45, 7) is 9.55. The highest BCUT2D eigenvalue weighted by molar-refractivity contribution is 5.80. The van der Waals surface area contributed by atoms with Gasteiger partial charge in [0.1, 0.15) is 17.9 Å². The summed E-state index contributed by atoms with van der Waals surface area (Å²) >= 11 is 0. The molecule has 3 rings (SSSR count). The Morgan fingerprint density at radius 3 is 2.89 bits per heavy atom. The van der Waals surface area contributed by atoms with Gasteiger partial charge in [-0.25, -0.2) is 9.67 Å². The van der Waals surface area contributed by atoms with Gasteiger partial charge in [-0.05, 0) is 43.4 Å². The van der Waals surface area contributed by atoms with Gasteiger partial charge in [0.2, 0.25) is 0 Å². The molecule has 2 heterocycles. The van der Waals surface area contributed by atoms with Gasteiger partial charge < -0.3 is 15.4 Å². The third-order valence-corrected chi connectivity index (χ3v) is 4.67. The topological polar surface area (TPSA) is 76.4 Å². The van der Waals surface area contributed by atoms with Gasteiger partial charge in [-0.3, -0.25) is 4.99 Å². The summed E-state index contributed by atoms with van der Waals surface area (Å²) < 4.78 is 7.72. The van der Waals surface area contributed by atoms with E-state index in [1.807, 2.05) is 16.8 Å². The van der Waals surface area contributed by atoms with Crippen molar-refractivity contribution in [1.82, 2.24) is 25.4 Å². The first-order chi connectivity index (χ1) is 13.6. The molecule has 1 atom stereocenters. The SMILES string of the molecule is CCNC(=NCCc1ccc(OCC(C)C)cc1)NC1CCc2ncnn2C1. The van der Waals surface area contributed by atoms with Crippen LogP contribution in [0.25, 0.3) is 0 Å². The van der Waals surface area contributed by atoms with Crippen LogP contribution in [0.5, 0.6) is 5.75 Å². The fourth-order valence-electron chi connectivity index (χ4n) is 3.18. The molecule has 0 saturated heterocycles. The fraction of sp³-hybridized carbons (Fsp3) is 0.571. The van der Waals surface area contributed by atoms with Crippen molar-refractivity contribution in [3.63, 3.8) is 0 Å². The van der Waals surface area contributed by atoms with Gasteiger partial charge in [0.15, 0.2) is 5.96 Å². The molecule has 0 saturated carbocycles. The zero-order valence-electron chi connectivity index (χ0n) is 17.2. The van der Waals surface area contributed by atoms with E-state index >= 15 is 0 Å². The van der Waals surface area contributed by atoms with E-state index in [-0.39, 0.29) is 0 Å². The summed E-state index contributed by atoms with van der Waals surface area (Å²) in [5.41, 5.74) is 1.27. The lowest BCUT2D eigenvalue weighted by Crippen LogP contribution is -2.47. The van der Waals surface area contributed by atoms with Crippen molar-refractivity contribution in [1.29, 1.82) is 0 Å². The second-order valence-electron chi connectivity index (χ2n) is 7.60. The van der Waals surface area contributed by atoms with Crippen molar-refractivity contribution in [2.24, 2.45) is 10.9 Å². The zero-order chi connectivity index (χ0) is 19.8. The zero-order valence-corrected chi connectivity index (χ0v) is 17.2. The Morgan fingerprint density at radius 1 is 1.32 bits per heavy atom. The van der Waals surface area contributed by atoms with Crippen LogP contribution in [0.2, 0.25) is 0 Å². The highest BCUT2D eigenvalue weighted by Crippen LogP contribution is 2.14. The molecule has 0 bridgehead atoms. The summed E-state index contributed by atoms with van der Waals surface area (Å²) in [5.74, 6) is 3.40. The van der Waals surface area contributed by atoms with Crippen LogP contribution in [0.1, 0.15) is 38.6 Å². The molecule has 1 aliphatic rings. The van der Waals surface area contributed by atoms with Gasteiger partial charge >= 0.3 is 0 Å². The standard InChI is InChI=1S/C21H32N6O/c1-4-22-21(26-18-7-10-20-24-15-25-27(20)13-18)23-12-11-17-5-8-19(9-6-17)28-14-16(2)3/h5-6,8-9,15-16,18H,4,7,10-14H2,1-3H3,(H2,22,23,26). The maximum absolute atomic E-state index is 5.74. The number of aryl methyl sites for hydroxylation is 1. The van der Waals surface area contributed by atoms with E-state index in [1.165, 1.54) is 5.56 Å². The molecule has 152 valence electrons. The lowest BCUT2D eigenvalue weighted by molar-refractivity contribution is 0.271. The number of hydrogen-bond acceptors (Lipinski definition) is 4. The summed E-state index contributed by atoms with van der Waals surface area (Å²) in [4.78, 5) is 9.03. The Labute approximate surface area is 167 Å². The Bertz CT molecular complexity index is 753. The van der Waals surface area contributed by atoms with Crippen LogP contribution >= 0.6 is 0 Å². The molecule has 7 heteroatoms. The highest BCUT2D eigenvalue weighted by Gasteiger charge is 2.20. The number of nitrogens with one attached hydrogen (secondary N) is 2. The number of hydrogen-bond donors (Lipinski definition) is 2. The van der Waals surface area contributed by atoms with Crippen molar-refractivity contribution >= 4 is 5.96 Å². The third-order valence-electron chi connectivity index (χ3n) is 4.67. The maximum atomic E-state index is 5.74. The van der Waals surface area contributed by atoms with E-state index in [4.69, 9.17) is 9.73 Å². The summed E-state index contributed by atoms with van der Waals surface area (Å²) in [5, 5.41) is 11.2. The number of ether oxygens (including phenoxy) is 1. The van der Waals surface area contributed by atoms with Gasteiger partial charge in [-0.1, -0.05) is 26.0 Å². The smallest absolute Gasteiger partial charge is 0.191 e. The lowest BCUT2D eigenvalue weighted by Gasteiger charge is -2.25. The summed E-state index contributed by atoms with van der Waals surface area (Å²) in [6, 6.07) is 8.66. The molecule has 0 aliphatic carbocycles. The fourth-order valence-corrected chi connectivity index (χ4v) is 3.18. The predicted molar refractivity (Wildman–Crippen MR) is 112 cm³/mol. The molecule has 0 spiro atoms. The van der Waals surface area contributed by atoms with Gasteiger partial charge in [-0.15, -0.1) is 0 Å². The van der Waals surface area contributed by atoms with E-state index in [1.54, 1.807) is 6.33 Å². The van der Waals surface area contributed by atoms with Gasteiger partial charge in [-0.2, -0.15) is 5.10 Å². The van der Waals surface area contributed by atoms with E-state index < -0.39 is 0 Å².